The van der Waals surface area contributed by atoms with Crippen LogP contribution in [0.3, 0.4) is 0 Å². The van der Waals surface area contributed by atoms with E-state index in [9.17, 15) is 9.59 Å². The Labute approximate surface area is 297 Å². The molecule has 3 atom stereocenters. The molecule has 3 unspecified atom stereocenters. The number of hydrogen-bond donors (Lipinski definition) is 0. The molecule has 0 N–H and O–H groups in total. The first-order valence-corrected chi connectivity index (χ1v) is 19.6. The zero-order valence-electron chi connectivity index (χ0n) is 30.5. The largest absolute Gasteiger partial charge is 0.458 e. The van der Waals surface area contributed by atoms with Crippen LogP contribution in [0.2, 0.25) is 0 Å². The van der Waals surface area contributed by atoms with E-state index in [1.807, 2.05) is 60.7 Å². The van der Waals surface area contributed by atoms with Crippen molar-refractivity contribution in [3.05, 3.63) is 108 Å². The Morgan fingerprint density at radius 1 is 0.776 bits per heavy atom. The average molecular weight is 667 g/mol. The molecule has 2 aromatic rings. The Balaban J connectivity index is 1.37. The SMILES string of the molecule is CCCCC/C=C\C/C=C\CCCCCCCC(=O)OC(C(=O)OC1CC(C)CCC1C1=CCCCC1)(c1ccccc1)c1ccccc1. The van der Waals surface area contributed by atoms with E-state index in [0.29, 0.717) is 17.0 Å². The summed E-state index contributed by atoms with van der Waals surface area (Å²) >= 11 is 0. The van der Waals surface area contributed by atoms with Crippen molar-refractivity contribution in [2.45, 2.75) is 148 Å². The second-order valence-corrected chi connectivity index (χ2v) is 14.4. The molecule has 266 valence electrons. The molecular weight excluding hydrogens is 604 g/mol. The Morgan fingerprint density at radius 3 is 2.04 bits per heavy atom. The summed E-state index contributed by atoms with van der Waals surface area (Å²) in [6, 6.07) is 18.9. The lowest BCUT2D eigenvalue weighted by molar-refractivity contribution is -0.186. The summed E-state index contributed by atoms with van der Waals surface area (Å²) in [7, 11) is 0. The first-order chi connectivity index (χ1) is 24.0. The van der Waals surface area contributed by atoms with E-state index in [0.717, 1.165) is 77.0 Å². The van der Waals surface area contributed by atoms with E-state index in [4.69, 9.17) is 9.47 Å². The van der Waals surface area contributed by atoms with Crippen LogP contribution < -0.4 is 0 Å². The summed E-state index contributed by atoms with van der Waals surface area (Å²) in [5.74, 6) is -0.146. The van der Waals surface area contributed by atoms with Gasteiger partial charge in [0.05, 0.1) is 0 Å². The van der Waals surface area contributed by atoms with Gasteiger partial charge in [0, 0.05) is 23.5 Å². The lowest BCUT2D eigenvalue weighted by atomic mass is 9.74. The monoisotopic (exact) mass is 666 g/mol. The number of rotatable bonds is 20. The lowest BCUT2D eigenvalue weighted by Gasteiger charge is -2.39. The molecule has 0 bridgehead atoms. The fraction of sp³-hybridized carbons (Fsp3) is 0.556. The molecule has 0 spiro atoms. The van der Waals surface area contributed by atoms with E-state index >= 15 is 0 Å². The van der Waals surface area contributed by atoms with E-state index in [1.54, 1.807) is 0 Å². The van der Waals surface area contributed by atoms with Gasteiger partial charge in [-0.05, 0) is 89.4 Å². The molecule has 0 aromatic heterocycles. The molecule has 0 radical (unpaired) electrons. The summed E-state index contributed by atoms with van der Waals surface area (Å²) in [4.78, 5) is 28.3. The van der Waals surface area contributed by atoms with E-state index in [-0.39, 0.29) is 24.4 Å². The second kappa shape index (κ2) is 21.6. The second-order valence-electron chi connectivity index (χ2n) is 14.4. The maximum Gasteiger partial charge on any atom is 0.360 e. The average Bonchev–Trinajstić information content (AvgIpc) is 3.13. The Morgan fingerprint density at radius 2 is 1.41 bits per heavy atom. The number of allylic oxidation sites excluding steroid dienone is 5. The molecule has 4 nitrogen and oxygen atoms in total. The summed E-state index contributed by atoms with van der Waals surface area (Å²) < 4.78 is 13.0. The van der Waals surface area contributed by atoms with Gasteiger partial charge in [0.2, 0.25) is 0 Å². The van der Waals surface area contributed by atoms with E-state index in [1.165, 1.54) is 44.1 Å². The fourth-order valence-corrected chi connectivity index (χ4v) is 7.51. The van der Waals surface area contributed by atoms with Gasteiger partial charge in [-0.15, -0.1) is 0 Å². The Hall–Kier alpha value is -3.40. The summed E-state index contributed by atoms with van der Waals surface area (Å²) in [5.41, 5.74) is 1.02. The minimum absolute atomic E-state index is 0.229. The number of benzene rings is 2. The fourth-order valence-electron chi connectivity index (χ4n) is 7.51. The maximum atomic E-state index is 14.7. The van der Waals surface area contributed by atoms with Crippen molar-refractivity contribution < 1.29 is 19.1 Å². The minimum atomic E-state index is -1.66. The number of hydrogen-bond acceptors (Lipinski definition) is 4. The standard InChI is InChI=1S/C45H62O4/c1-3-4-5-6-7-8-9-10-11-12-13-14-15-16-26-33-43(46)49-45(39-29-22-18-23-30-39,40-31-24-19-25-32-40)44(47)48-42-36-37(2)34-35-41(42)38-27-20-17-21-28-38/h7-8,10-11,18-19,22-25,27,29-32,37,41-42H,3-6,9,12-17,20-21,26,28,33-36H2,1-2H3/b8-7-,11-10-. The first-order valence-electron chi connectivity index (χ1n) is 19.6. The number of carbonyl (C=O) groups is 2. The number of esters is 2. The zero-order chi connectivity index (χ0) is 34.6. The number of carbonyl (C=O) groups excluding carboxylic acids is 2. The van der Waals surface area contributed by atoms with Crippen LogP contribution in [0.1, 0.15) is 147 Å². The van der Waals surface area contributed by atoms with Crippen LogP contribution >= 0.6 is 0 Å². The Bertz CT molecular complexity index is 1280. The maximum absolute atomic E-state index is 14.7. The normalized spacial score (nSPS) is 20.0. The molecular formula is C45H62O4. The third kappa shape index (κ3) is 12.2. The van der Waals surface area contributed by atoms with Gasteiger partial charge in [-0.1, -0.05) is 143 Å². The van der Waals surface area contributed by atoms with Crippen LogP contribution in [0.25, 0.3) is 0 Å². The molecule has 2 aliphatic carbocycles. The molecule has 0 saturated heterocycles. The van der Waals surface area contributed by atoms with Crippen molar-refractivity contribution >= 4 is 11.9 Å². The highest BCUT2D eigenvalue weighted by atomic mass is 16.6. The molecule has 4 rings (SSSR count). The number of ether oxygens (including phenoxy) is 2. The van der Waals surface area contributed by atoms with Gasteiger partial charge in [0.15, 0.2) is 0 Å². The third-order valence-electron chi connectivity index (χ3n) is 10.4. The predicted octanol–water partition coefficient (Wildman–Crippen LogP) is 12.1. The van der Waals surface area contributed by atoms with Crippen LogP contribution in [0.4, 0.5) is 0 Å². The van der Waals surface area contributed by atoms with Crippen LogP contribution in [0.5, 0.6) is 0 Å². The highest BCUT2D eigenvalue weighted by Crippen LogP contribution is 2.42. The number of unbranched alkanes of at least 4 members (excludes halogenated alkanes) is 8. The predicted molar refractivity (Wildman–Crippen MR) is 202 cm³/mol. The van der Waals surface area contributed by atoms with Crippen molar-refractivity contribution in [1.82, 2.24) is 0 Å². The molecule has 2 aromatic carbocycles. The van der Waals surface area contributed by atoms with Gasteiger partial charge >= 0.3 is 11.9 Å². The molecule has 0 aliphatic heterocycles. The lowest BCUT2D eigenvalue weighted by Crippen LogP contribution is -2.46. The molecule has 4 heteroatoms. The van der Waals surface area contributed by atoms with Crippen molar-refractivity contribution in [3.8, 4) is 0 Å². The Kier molecular flexibility index (Phi) is 17.0. The van der Waals surface area contributed by atoms with Crippen LogP contribution in [-0.4, -0.2) is 18.0 Å². The zero-order valence-corrected chi connectivity index (χ0v) is 30.5. The molecule has 1 saturated carbocycles. The highest BCUT2D eigenvalue weighted by Gasteiger charge is 2.49. The van der Waals surface area contributed by atoms with Crippen LogP contribution in [-0.2, 0) is 24.7 Å². The van der Waals surface area contributed by atoms with Crippen LogP contribution in [0.15, 0.2) is 96.6 Å². The van der Waals surface area contributed by atoms with Gasteiger partial charge in [-0.25, -0.2) is 4.79 Å². The van der Waals surface area contributed by atoms with Crippen molar-refractivity contribution in [2.24, 2.45) is 11.8 Å². The third-order valence-corrected chi connectivity index (χ3v) is 10.4. The molecule has 2 aliphatic rings. The van der Waals surface area contributed by atoms with Gasteiger partial charge in [0.25, 0.3) is 5.60 Å². The van der Waals surface area contributed by atoms with Crippen LogP contribution in [0, 0.1) is 11.8 Å². The van der Waals surface area contributed by atoms with Crippen molar-refractivity contribution in [3.63, 3.8) is 0 Å². The molecule has 1 fully saturated rings. The van der Waals surface area contributed by atoms with Gasteiger partial charge in [-0.2, -0.15) is 0 Å². The van der Waals surface area contributed by atoms with Gasteiger partial charge in [0.1, 0.15) is 6.10 Å². The molecule has 49 heavy (non-hydrogen) atoms. The topological polar surface area (TPSA) is 52.6 Å². The molecule has 0 heterocycles. The quantitative estimate of drug-likeness (QED) is 0.0802. The van der Waals surface area contributed by atoms with Gasteiger partial charge in [-0.3, -0.25) is 4.79 Å². The highest BCUT2D eigenvalue weighted by molar-refractivity contribution is 5.89. The van der Waals surface area contributed by atoms with Crippen molar-refractivity contribution in [2.75, 3.05) is 0 Å². The van der Waals surface area contributed by atoms with Crippen molar-refractivity contribution in [1.29, 1.82) is 0 Å². The summed E-state index contributed by atoms with van der Waals surface area (Å²) in [6.45, 7) is 4.49. The summed E-state index contributed by atoms with van der Waals surface area (Å²) in [5, 5.41) is 0. The smallest absolute Gasteiger partial charge is 0.360 e. The van der Waals surface area contributed by atoms with Gasteiger partial charge < -0.3 is 9.47 Å². The summed E-state index contributed by atoms with van der Waals surface area (Å²) in [6.07, 6.45) is 31.5. The van der Waals surface area contributed by atoms with E-state index in [2.05, 4.69) is 44.2 Å². The first kappa shape index (κ1) is 38.4. The van der Waals surface area contributed by atoms with E-state index < -0.39 is 11.6 Å². The minimum Gasteiger partial charge on any atom is -0.458 e. The molecule has 0 amide bonds.